The smallest absolute Gasteiger partial charge is 0.139 e. The van der Waals surface area contributed by atoms with Crippen LogP contribution in [0, 0.1) is 5.92 Å². The van der Waals surface area contributed by atoms with Crippen LogP contribution < -0.4 is 15.8 Å². The van der Waals surface area contributed by atoms with Crippen LogP contribution in [0.25, 0.3) is 10.9 Å². The SMILES string of the molecule is COC1CCC2NNC(CN3CCN(c4ncnc5ccccc45)CC3)C2C1. The van der Waals surface area contributed by atoms with Crippen LogP contribution in [-0.4, -0.2) is 72.9 Å². The van der Waals surface area contributed by atoms with Gasteiger partial charge in [0.2, 0.25) is 0 Å². The number of piperazine rings is 1. The number of nitrogens with zero attached hydrogens (tertiary/aromatic N) is 4. The van der Waals surface area contributed by atoms with E-state index >= 15 is 0 Å². The zero-order chi connectivity index (χ0) is 18.9. The van der Waals surface area contributed by atoms with E-state index < -0.39 is 0 Å². The number of rotatable bonds is 4. The number of para-hydroxylation sites is 1. The van der Waals surface area contributed by atoms with E-state index in [-0.39, 0.29) is 0 Å². The predicted molar refractivity (Wildman–Crippen MR) is 110 cm³/mol. The van der Waals surface area contributed by atoms with Gasteiger partial charge in [-0.3, -0.25) is 15.8 Å². The van der Waals surface area contributed by atoms with Gasteiger partial charge in [-0.15, -0.1) is 0 Å². The third-order valence-electron chi connectivity index (χ3n) is 6.80. The lowest BCUT2D eigenvalue weighted by molar-refractivity contribution is 0.0413. The summed E-state index contributed by atoms with van der Waals surface area (Å²) < 4.78 is 5.65. The number of aromatic nitrogens is 2. The van der Waals surface area contributed by atoms with E-state index in [0.717, 1.165) is 49.4 Å². The van der Waals surface area contributed by atoms with E-state index in [4.69, 9.17) is 4.74 Å². The highest BCUT2D eigenvalue weighted by Crippen LogP contribution is 2.32. The number of hydrogen-bond acceptors (Lipinski definition) is 7. The fraction of sp³-hybridized carbons (Fsp3) is 0.619. The average Bonchev–Trinajstić information content (AvgIpc) is 3.16. The number of hydrazine groups is 1. The first kappa shape index (κ1) is 18.2. The van der Waals surface area contributed by atoms with Gasteiger partial charge in [-0.05, 0) is 37.3 Å². The number of methoxy groups -OCH3 is 1. The fourth-order valence-electron chi connectivity index (χ4n) is 5.17. The molecule has 0 spiro atoms. The summed E-state index contributed by atoms with van der Waals surface area (Å²) in [5, 5.41) is 1.15. The van der Waals surface area contributed by atoms with Crippen molar-refractivity contribution in [2.45, 2.75) is 37.5 Å². The Bertz CT molecular complexity index is 803. The summed E-state index contributed by atoms with van der Waals surface area (Å²) >= 11 is 0. The van der Waals surface area contributed by atoms with E-state index in [1.165, 1.54) is 19.3 Å². The van der Waals surface area contributed by atoms with Gasteiger partial charge in [-0.1, -0.05) is 12.1 Å². The van der Waals surface area contributed by atoms with Gasteiger partial charge in [0.05, 0.1) is 11.6 Å². The monoisotopic (exact) mass is 382 g/mol. The lowest BCUT2D eigenvalue weighted by Gasteiger charge is -2.38. The molecule has 2 aliphatic heterocycles. The Morgan fingerprint density at radius 1 is 1.07 bits per heavy atom. The first-order valence-electron chi connectivity index (χ1n) is 10.5. The Labute approximate surface area is 166 Å². The number of benzene rings is 1. The van der Waals surface area contributed by atoms with Gasteiger partial charge >= 0.3 is 0 Å². The number of fused-ring (bicyclic) bond motifs is 2. The maximum Gasteiger partial charge on any atom is 0.139 e. The zero-order valence-corrected chi connectivity index (χ0v) is 16.6. The topological polar surface area (TPSA) is 65.6 Å². The standard InChI is InChI=1S/C21H30N6O/c1-28-15-6-7-19-17(12-15)20(25-24-19)13-26-8-10-27(11-9-26)21-16-4-2-3-5-18(16)22-14-23-21/h2-5,14-15,17,19-20,24-25H,6-13H2,1H3. The van der Waals surface area contributed by atoms with E-state index in [1.54, 1.807) is 6.33 Å². The van der Waals surface area contributed by atoms with Crippen molar-refractivity contribution in [3.05, 3.63) is 30.6 Å². The molecule has 3 heterocycles. The minimum Gasteiger partial charge on any atom is -0.381 e. The maximum absolute atomic E-state index is 5.65. The Morgan fingerprint density at radius 3 is 2.79 bits per heavy atom. The van der Waals surface area contributed by atoms with E-state index in [0.29, 0.717) is 24.1 Å². The molecule has 1 aromatic carbocycles. The molecule has 7 nitrogen and oxygen atoms in total. The van der Waals surface area contributed by atoms with Crippen molar-refractivity contribution in [1.29, 1.82) is 0 Å². The molecule has 0 bridgehead atoms. The van der Waals surface area contributed by atoms with Gasteiger partial charge < -0.3 is 9.64 Å². The van der Waals surface area contributed by atoms with Crippen molar-refractivity contribution in [2.75, 3.05) is 44.7 Å². The highest BCUT2D eigenvalue weighted by Gasteiger charge is 2.41. The summed E-state index contributed by atoms with van der Waals surface area (Å²) in [6, 6.07) is 9.40. The number of nitrogens with one attached hydrogen (secondary N) is 2. The lowest BCUT2D eigenvalue weighted by atomic mass is 9.80. The minimum absolute atomic E-state index is 0.424. The molecule has 0 radical (unpaired) electrons. The lowest BCUT2D eigenvalue weighted by Crippen LogP contribution is -2.51. The van der Waals surface area contributed by atoms with Gasteiger partial charge in [-0.25, -0.2) is 9.97 Å². The molecule has 0 amide bonds. The largest absolute Gasteiger partial charge is 0.381 e. The molecule has 1 aromatic heterocycles. The van der Waals surface area contributed by atoms with Crippen molar-refractivity contribution in [1.82, 2.24) is 25.7 Å². The molecule has 2 aromatic rings. The summed E-state index contributed by atoms with van der Waals surface area (Å²) in [5.41, 5.74) is 8.13. The third kappa shape index (κ3) is 3.48. The molecule has 7 heteroatoms. The zero-order valence-electron chi connectivity index (χ0n) is 16.6. The van der Waals surface area contributed by atoms with Crippen LogP contribution in [-0.2, 0) is 4.74 Å². The number of hydrogen-bond donors (Lipinski definition) is 2. The summed E-state index contributed by atoms with van der Waals surface area (Å²) in [4.78, 5) is 14.0. The average molecular weight is 383 g/mol. The van der Waals surface area contributed by atoms with Crippen molar-refractivity contribution < 1.29 is 4.74 Å². The summed E-state index contributed by atoms with van der Waals surface area (Å²) in [6.07, 6.45) is 5.66. The van der Waals surface area contributed by atoms with Crippen molar-refractivity contribution in [2.24, 2.45) is 5.92 Å². The second-order valence-electron chi connectivity index (χ2n) is 8.34. The Kier molecular flexibility index (Phi) is 5.15. The molecular formula is C21H30N6O. The van der Waals surface area contributed by atoms with Crippen LogP contribution in [0.15, 0.2) is 30.6 Å². The van der Waals surface area contributed by atoms with Crippen molar-refractivity contribution in [3.63, 3.8) is 0 Å². The molecule has 2 N–H and O–H groups in total. The molecule has 3 aliphatic rings. The Morgan fingerprint density at radius 2 is 1.93 bits per heavy atom. The van der Waals surface area contributed by atoms with Crippen LogP contribution in [0.5, 0.6) is 0 Å². The van der Waals surface area contributed by atoms with Gasteiger partial charge in [0.1, 0.15) is 12.1 Å². The molecule has 1 aliphatic carbocycles. The van der Waals surface area contributed by atoms with Gasteiger partial charge in [0, 0.05) is 57.3 Å². The van der Waals surface area contributed by atoms with E-state index in [1.807, 2.05) is 13.2 Å². The maximum atomic E-state index is 5.65. The van der Waals surface area contributed by atoms with Gasteiger partial charge in [-0.2, -0.15) is 0 Å². The third-order valence-corrected chi connectivity index (χ3v) is 6.80. The van der Waals surface area contributed by atoms with Crippen LogP contribution in [0.4, 0.5) is 5.82 Å². The fourth-order valence-corrected chi connectivity index (χ4v) is 5.17. The minimum atomic E-state index is 0.424. The molecule has 5 rings (SSSR count). The summed E-state index contributed by atoms with van der Waals surface area (Å²) in [5.74, 6) is 1.74. The molecule has 3 fully saturated rings. The molecule has 1 saturated carbocycles. The molecule has 4 unspecified atom stereocenters. The quantitative estimate of drug-likeness (QED) is 0.829. The molecule has 150 valence electrons. The van der Waals surface area contributed by atoms with Gasteiger partial charge in [0.25, 0.3) is 0 Å². The van der Waals surface area contributed by atoms with Crippen molar-refractivity contribution >= 4 is 16.7 Å². The van der Waals surface area contributed by atoms with Crippen LogP contribution in [0.3, 0.4) is 0 Å². The second-order valence-corrected chi connectivity index (χ2v) is 8.34. The van der Waals surface area contributed by atoms with Crippen LogP contribution in [0.2, 0.25) is 0 Å². The Hall–Kier alpha value is -1.80. The van der Waals surface area contributed by atoms with Crippen LogP contribution >= 0.6 is 0 Å². The molecule has 4 atom stereocenters. The van der Waals surface area contributed by atoms with Crippen molar-refractivity contribution in [3.8, 4) is 0 Å². The second kappa shape index (κ2) is 7.91. The summed E-state index contributed by atoms with van der Waals surface area (Å²) in [7, 11) is 1.85. The highest BCUT2D eigenvalue weighted by molar-refractivity contribution is 5.89. The van der Waals surface area contributed by atoms with E-state index in [2.05, 4.69) is 48.8 Å². The molecule has 28 heavy (non-hydrogen) atoms. The van der Waals surface area contributed by atoms with Crippen LogP contribution in [0.1, 0.15) is 19.3 Å². The first-order valence-corrected chi connectivity index (χ1v) is 10.5. The highest BCUT2D eigenvalue weighted by atomic mass is 16.5. The molecule has 2 saturated heterocycles. The Balaban J connectivity index is 1.21. The number of ether oxygens (including phenoxy) is 1. The predicted octanol–water partition coefficient (Wildman–Crippen LogP) is 1.41. The van der Waals surface area contributed by atoms with Gasteiger partial charge in [0.15, 0.2) is 0 Å². The van der Waals surface area contributed by atoms with E-state index in [9.17, 15) is 0 Å². The first-order chi connectivity index (χ1) is 13.8. The molecular weight excluding hydrogens is 352 g/mol. The number of anilines is 1. The summed E-state index contributed by atoms with van der Waals surface area (Å²) in [6.45, 7) is 5.26. The normalized spacial score (nSPS) is 31.2.